The highest BCUT2D eigenvalue weighted by Gasteiger charge is 2.51. The Bertz CT molecular complexity index is 923. The number of hydrogen-bond acceptors (Lipinski definition) is 4. The van der Waals surface area contributed by atoms with Gasteiger partial charge >= 0.3 is 7.12 Å². The van der Waals surface area contributed by atoms with E-state index < -0.39 is 0 Å². The molecule has 0 bridgehead atoms. The largest absolute Gasteiger partial charge is 0.494 e. The topological polar surface area (TPSA) is 40.6 Å². The van der Waals surface area contributed by atoms with Crippen LogP contribution in [0.4, 0.5) is 0 Å². The number of benzene rings is 1. The quantitative estimate of drug-likeness (QED) is 0.758. The van der Waals surface area contributed by atoms with E-state index in [1.807, 2.05) is 6.20 Å². The summed E-state index contributed by atoms with van der Waals surface area (Å²) in [5.41, 5.74) is 5.55. The van der Waals surface area contributed by atoms with Gasteiger partial charge in [0.2, 0.25) is 5.88 Å². The molecule has 0 N–H and O–H groups in total. The van der Waals surface area contributed by atoms with Crippen LogP contribution in [-0.4, -0.2) is 23.3 Å². The van der Waals surface area contributed by atoms with Gasteiger partial charge in [-0.15, -0.1) is 0 Å². The smallest absolute Gasteiger partial charge is 0.473 e. The first-order valence-corrected chi connectivity index (χ1v) is 10.3. The van der Waals surface area contributed by atoms with Crippen LogP contribution < -0.4 is 10.2 Å². The highest BCUT2D eigenvalue weighted by atomic mass is 16.7. The molecule has 1 aromatic heterocycles. The van der Waals surface area contributed by atoms with Gasteiger partial charge in [0.1, 0.15) is 6.61 Å². The second-order valence-corrected chi connectivity index (χ2v) is 9.59. The fourth-order valence-electron chi connectivity index (χ4n) is 4.34. The van der Waals surface area contributed by atoms with Gasteiger partial charge in [0, 0.05) is 12.3 Å². The lowest BCUT2D eigenvalue weighted by molar-refractivity contribution is 0.00578. The number of hydrogen-bond donors (Lipinski definition) is 0. The van der Waals surface area contributed by atoms with Crippen LogP contribution >= 0.6 is 0 Å². The molecule has 5 heteroatoms. The van der Waals surface area contributed by atoms with Gasteiger partial charge in [-0.25, -0.2) is 4.98 Å². The van der Waals surface area contributed by atoms with Crippen molar-refractivity contribution in [2.75, 3.05) is 0 Å². The van der Waals surface area contributed by atoms with E-state index in [4.69, 9.17) is 14.0 Å². The van der Waals surface area contributed by atoms with Crippen LogP contribution in [0.2, 0.25) is 0 Å². The van der Waals surface area contributed by atoms with Crippen molar-refractivity contribution >= 4 is 12.6 Å². The predicted molar refractivity (Wildman–Crippen MR) is 110 cm³/mol. The number of rotatable bonds is 4. The monoisotopic (exact) mass is 377 g/mol. The van der Waals surface area contributed by atoms with Crippen molar-refractivity contribution in [1.29, 1.82) is 0 Å². The van der Waals surface area contributed by atoms with Crippen LogP contribution in [-0.2, 0) is 22.3 Å². The molecule has 2 atom stereocenters. The van der Waals surface area contributed by atoms with E-state index in [1.165, 1.54) is 29.5 Å². The molecule has 1 aromatic carbocycles. The minimum Gasteiger partial charge on any atom is -0.473 e. The minimum absolute atomic E-state index is 0.339. The van der Waals surface area contributed by atoms with Crippen molar-refractivity contribution < 1.29 is 14.0 Å². The number of nitrogens with zero attached hydrogens (tertiary/aromatic N) is 1. The van der Waals surface area contributed by atoms with Crippen molar-refractivity contribution in [3.63, 3.8) is 0 Å². The third-order valence-electron chi connectivity index (χ3n) is 7.08. The maximum atomic E-state index is 6.20. The van der Waals surface area contributed by atoms with Crippen LogP contribution in [0.1, 0.15) is 62.3 Å². The van der Waals surface area contributed by atoms with Crippen molar-refractivity contribution in [2.45, 2.75) is 71.2 Å². The summed E-state index contributed by atoms with van der Waals surface area (Å²) in [7, 11) is -0.353. The van der Waals surface area contributed by atoms with Gasteiger partial charge in [0.25, 0.3) is 0 Å². The molecule has 28 heavy (non-hydrogen) atoms. The van der Waals surface area contributed by atoms with Crippen LogP contribution in [0.25, 0.3) is 0 Å². The minimum atomic E-state index is -0.353. The van der Waals surface area contributed by atoms with E-state index in [1.54, 1.807) is 0 Å². The highest BCUT2D eigenvalue weighted by molar-refractivity contribution is 6.62. The molecule has 0 radical (unpaired) electrons. The van der Waals surface area contributed by atoms with Crippen molar-refractivity contribution in [2.24, 2.45) is 5.92 Å². The molecule has 2 aromatic rings. The zero-order valence-electron chi connectivity index (χ0n) is 17.4. The predicted octanol–water partition coefficient (Wildman–Crippen LogP) is 3.93. The van der Waals surface area contributed by atoms with E-state index in [2.05, 4.69) is 63.9 Å². The van der Waals surface area contributed by atoms with E-state index in [0.717, 1.165) is 28.7 Å². The Labute approximate surface area is 167 Å². The normalized spacial score (nSPS) is 26.1. The molecule has 5 rings (SSSR count). The zero-order valence-corrected chi connectivity index (χ0v) is 17.4. The second kappa shape index (κ2) is 6.07. The fraction of sp³-hybridized carbons (Fsp3) is 0.522. The first-order valence-electron chi connectivity index (χ1n) is 10.3. The molecule has 0 amide bonds. The summed E-state index contributed by atoms with van der Waals surface area (Å²) in [5.74, 6) is 2.36. The SMILES string of the molecule is Cc1ccc(B2OC(C)(C)C(C)(C)O2)cc1COc1cc2c(cn1)C1CC1C2. The molecule has 2 heterocycles. The Balaban J connectivity index is 1.32. The third kappa shape index (κ3) is 2.96. The lowest BCUT2D eigenvalue weighted by Crippen LogP contribution is -2.41. The van der Waals surface area contributed by atoms with Crippen LogP contribution in [0.5, 0.6) is 5.88 Å². The Hall–Kier alpha value is -1.85. The molecule has 1 aliphatic heterocycles. The lowest BCUT2D eigenvalue weighted by Gasteiger charge is -2.32. The fourth-order valence-corrected chi connectivity index (χ4v) is 4.34. The standard InChI is InChI=1S/C23H28BNO3/c1-14-6-7-18(24-27-22(2,3)23(4,5)28-24)9-17(14)13-26-21-11-16-8-15-10-19(15)20(16)12-25-21/h6-7,9,11-12,15,19H,8,10,13H2,1-5H3. The van der Waals surface area contributed by atoms with Gasteiger partial charge in [0.05, 0.1) is 11.2 Å². The van der Waals surface area contributed by atoms with E-state index in [-0.39, 0.29) is 18.3 Å². The summed E-state index contributed by atoms with van der Waals surface area (Å²) in [6.45, 7) is 10.9. The van der Waals surface area contributed by atoms with E-state index in [9.17, 15) is 0 Å². The van der Waals surface area contributed by atoms with E-state index >= 15 is 0 Å². The number of ether oxygens (including phenoxy) is 1. The van der Waals surface area contributed by atoms with E-state index in [0.29, 0.717) is 6.61 Å². The number of aryl methyl sites for hydroxylation is 1. The molecule has 2 unspecified atom stereocenters. The Kier molecular flexibility index (Phi) is 3.95. The van der Waals surface area contributed by atoms with Gasteiger partial charge < -0.3 is 14.0 Å². The molecule has 4 nitrogen and oxygen atoms in total. The molecular formula is C23H28BNO3. The third-order valence-corrected chi connectivity index (χ3v) is 7.08. The number of aromatic nitrogens is 1. The first kappa shape index (κ1) is 18.2. The zero-order chi connectivity index (χ0) is 19.7. The van der Waals surface area contributed by atoms with Gasteiger partial charge in [0.15, 0.2) is 0 Å². The molecule has 3 aliphatic rings. The van der Waals surface area contributed by atoms with Crippen LogP contribution in [0.15, 0.2) is 30.5 Å². The summed E-state index contributed by atoms with van der Waals surface area (Å²) in [6, 6.07) is 8.47. The van der Waals surface area contributed by atoms with Crippen LogP contribution in [0, 0.1) is 12.8 Å². The summed E-state index contributed by atoms with van der Waals surface area (Å²) >= 11 is 0. The summed E-state index contributed by atoms with van der Waals surface area (Å²) < 4.78 is 18.4. The van der Waals surface area contributed by atoms with Crippen molar-refractivity contribution in [1.82, 2.24) is 4.98 Å². The lowest BCUT2D eigenvalue weighted by atomic mass is 9.78. The average molecular weight is 377 g/mol. The maximum Gasteiger partial charge on any atom is 0.494 e. The van der Waals surface area contributed by atoms with Gasteiger partial charge in [-0.05, 0) is 87.0 Å². The summed E-state index contributed by atoms with van der Waals surface area (Å²) in [6.07, 6.45) is 4.56. The second-order valence-electron chi connectivity index (χ2n) is 9.59. The van der Waals surface area contributed by atoms with Gasteiger partial charge in [-0.1, -0.05) is 18.2 Å². The van der Waals surface area contributed by atoms with Crippen molar-refractivity contribution in [3.8, 4) is 5.88 Å². The molecule has 1 saturated carbocycles. The average Bonchev–Trinajstić information content (AvgIpc) is 3.24. The molecule has 2 aliphatic carbocycles. The summed E-state index contributed by atoms with van der Waals surface area (Å²) in [5, 5.41) is 0. The highest BCUT2D eigenvalue weighted by Crippen LogP contribution is 2.56. The molecule has 2 fully saturated rings. The number of pyridine rings is 1. The van der Waals surface area contributed by atoms with Gasteiger partial charge in [-0.2, -0.15) is 0 Å². The molecule has 146 valence electrons. The Morgan fingerprint density at radius 1 is 1.14 bits per heavy atom. The molecular weight excluding hydrogens is 349 g/mol. The van der Waals surface area contributed by atoms with Gasteiger partial charge in [-0.3, -0.25) is 0 Å². The Morgan fingerprint density at radius 3 is 2.64 bits per heavy atom. The van der Waals surface area contributed by atoms with Crippen LogP contribution in [0.3, 0.4) is 0 Å². The Morgan fingerprint density at radius 2 is 1.89 bits per heavy atom. The first-order chi connectivity index (χ1) is 13.2. The summed E-state index contributed by atoms with van der Waals surface area (Å²) in [4.78, 5) is 4.54. The number of fused-ring (bicyclic) bond motifs is 3. The molecule has 1 saturated heterocycles. The molecule has 0 spiro atoms. The van der Waals surface area contributed by atoms with Crippen molar-refractivity contribution in [3.05, 3.63) is 52.7 Å². The maximum absolute atomic E-state index is 6.20.